The van der Waals surface area contributed by atoms with Gasteiger partial charge in [0.15, 0.2) is 0 Å². The molecule has 2 atom stereocenters. The Morgan fingerprint density at radius 3 is 2.62 bits per heavy atom. The molecular weight excluding hydrogens is 368 g/mol. The third kappa shape index (κ3) is 5.46. The molecule has 2 aromatic rings. The number of carbonyl (C=O) groups excluding carboxylic acids is 2. The number of hydrogen-bond donors (Lipinski definition) is 2. The molecule has 0 aliphatic carbocycles. The van der Waals surface area contributed by atoms with Gasteiger partial charge < -0.3 is 20.4 Å². The van der Waals surface area contributed by atoms with Gasteiger partial charge in [-0.2, -0.15) is 0 Å². The normalized spacial score (nSPS) is 16.6. The number of methoxy groups -OCH3 is 1. The number of terminal acetylenes is 1. The zero-order chi connectivity index (χ0) is 21.4. The van der Waals surface area contributed by atoms with Crippen molar-refractivity contribution in [2.75, 3.05) is 13.7 Å². The molecule has 1 fully saturated rings. The molecule has 1 amide bonds. The highest BCUT2D eigenvalue weighted by molar-refractivity contribution is 5.82. The van der Waals surface area contributed by atoms with Crippen LogP contribution < -0.4 is 5.73 Å². The molecule has 3 rings (SSSR count). The molecule has 154 valence electrons. The smallest absolute Gasteiger partial charge is 0.292 e. The van der Waals surface area contributed by atoms with E-state index in [9.17, 15) is 4.79 Å². The van der Waals surface area contributed by atoms with Crippen LogP contribution in [0, 0.1) is 18.3 Å². The number of rotatable bonds is 5. The maximum absolute atomic E-state index is 12.7. The minimum Gasteiger partial charge on any atom is -0.471 e. The minimum absolute atomic E-state index is 0.00817. The summed E-state index contributed by atoms with van der Waals surface area (Å²) in [4.78, 5) is 31.4. The van der Waals surface area contributed by atoms with Crippen LogP contribution in [0.1, 0.15) is 44.1 Å². The summed E-state index contributed by atoms with van der Waals surface area (Å²) in [5.74, 6) is 3.56. The van der Waals surface area contributed by atoms with E-state index in [1.54, 1.807) is 0 Å². The average Bonchev–Trinajstić information content (AvgIpc) is 3.42. The Morgan fingerprint density at radius 2 is 2.07 bits per heavy atom. The first-order valence-corrected chi connectivity index (χ1v) is 9.57. The summed E-state index contributed by atoms with van der Waals surface area (Å²) in [5, 5.41) is 0. The maximum Gasteiger partial charge on any atom is 0.292 e. The highest BCUT2D eigenvalue weighted by atomic mass is 16.5. The summed E-state index contributed by atoms with van der Waals surface area (Å²) in [6, 6.07) is 7.26. The van der Waals surface area contributed by atoms with Crippen LogP contribution in [0.5, 0.6) is 0 Å². The van der Waals surface area contributed by atoms with Crippen LogP contribution in [0.15, 0.2) is 30.5 Å². The number of imidazole rings is 1. The van der Waals surface area contributed by atoms with Crippen molar-refractivity contribution in [3.05, 3.63) is 41.9 Å². The third-order valence-corrected chi connectivity index (χ3v) is 4.91. The van der Waals surface area contributed by atoms with E-state index in [1.807, 2.05) is 49.2 Å². The summed E-state index contributed by atoms with van der Waals surface area (Å²) < 4.78 is 3.86. The number of ether oxygens (including phenoxy) is 1. The zero-order valence-electron chi connectivity index (χ0n) is 17.1. The van der Waals surface area contributed by atoms with E-state index in [4.69, 9.17) is 17.0 Å². The second kappa shape index (κ2) is 10.4. The van der Waals surface area contributed by atoms with E-state index in [2.05, 4.69) is 20.6 Å². The van der Waals surface area contributed by atoms with Gasteiger partial charge in [0.05, 0.1) is 31.1 Å². The van der Waals surface area contributed by atoms with Gasteiger partial charge in [0.2, 0.25) is 5.91 Å². The molecule has 0 bridgehead atoms. The average molecular weight is 396 g/mol. The van der Waals surface area contributed by atoms with Gasteiger partial charge in [0, 0.05) is 12.1 Å². The van der Waals surface area contributed by atoms with E-state index >= 15 is 0 Å². The number of nitrogens with two attached hydrogens (primary N) is 1. The molecule has 0 spiro atoms. The molecule has 0 saturated carbocycles. The number of H-pyrrole nitrogens is 1. The van der Waals surface area contributed by atoms with Gasteiger partial charge in [-0.25, -0.2) is 4.98 Å². The predicted molar refractivity (Wildman–Crippen MR) is 112 cm³/mol. The molecule has 1 aliphatic heterocycles. The summed E-state index contributed by atoms with van der Waals surface area (Å²) in [6.45, 7) is 5.05. The van der Waals surface area contributed by atoms with Crippen LogP contribution >= 0.6 is 0 Å². The summed E-state index contributed by atoms with van der Waals surface area (Å²) >= 11 is 0. The van der Waals surface area contributed by atoms with Crippen LogP contribution in [-0.4, -0.2) is 46.9 Å². The van der Waals surface area contributed by atoms with Crippen molar-refractivity contribution in [2.45, 2.75) is 38.8 Å². The number of amides is 1. The summed E-state index contributed by atoms with van der Waals surface area (Å²) in [5.41, 5.74) is 8.85. The first-order valence-electron chi connectivity index (χ1n) is 9.57. The van der Waals surface area contributed by atoms with Crippen molar-refractivity contribution < 1.29 is 14.3 Å². The SMILES string of the molecule is C#Cc1ccc(-c2cnc(C3CCCN3C(=O)C(N)C(C)C)[nH]2)cc1.COC=O. The fourth-order valence-electron chi connectivity index (χ4n) is 3.19. The van der Waals surface area contributed by atoms with Crippen molar-refractivity contribution in [3.8, 4) is 23.6 Å². The Bertz CT molecular complexity index is 852. The minimum atomic E-state index is -0.466. The zero-order valence-corrected chi connectivity index (χ0v) is 17.1. The number of aromatic nitrogens is 2. The summed E-state index contributed by atoms with van der Waals surface area (Å²) in [6.07, 6.45) is 9.07. The Morgan fingerprint density at radius 1 is 1.41 bits per heavy atom. The lowest BCUT2D eigenvalue weighted by Crippen LogP contribution is -2.46. The maximum atomic E-state index is 12.7. The van der Waals surface area contributed by atoms with Crippen molar-refractivity contribution in [1.82, 2.24) is 14.9 Å². The lowest BCUT2D eigenvalue weighted by atomic mass is 10.0. The quantitative estimate of drug-likeness (QED) is 0.597. The molecule has 0 radical (unpaired) electrons. The topological polar surface area (TPSA) is 101 Å². The van der Waals surface area contributed by atoms with Gasteiger partial charge >= 0.3 is 0 Å². The molecule has 1 aromatic heterocycles. The van der Waals surface area contributed by atoms with Gasteiger partial charge in [-0.3, -0.25) is 9.59 Å². The molecule has 1 saturated heterocycles. The number of carbonyl (C=O) groups is 2. The van der Waals surface area contributed by atoms with Crippen LogP contribution in [0.25, 0.3) is 11.3 Å². The number of hydrogen-bond acceptors (Lipinski definition) is 5. The number of nitrogens with one attached hydrogen (secondary N) is 1. The molecule has 2 heterocycles. The third-order valence-electron chi connectivity index (χ3n) is 4.91. The number of nitrogens with zero attached hydrogens (tertiary/aromatic N) is 2. The van der Waals surface area contributed by atoms with E-state index < -0.39 is 6.04 Å². The van der Waals surface area contributed by atoms with E-state index in [0.717, 1.165) is 42.0 Å². The highest BCUT2D eigenvalue weighted by Crippen LogP contribution is 2.32. The van der Waals surface area contributed by atoms with E-state index in [0.29, 0.717) is 6.47 Å². The Kier molecular flexibility index (Phi) is 7.98. The fourth-order valence-corrected chi connectivity index (χ4v) is 3.19. The van der Waals surface area contributed by atoms with Crippen LogP contribution in [0.2, 0.25) is 0 Å². The van der Waals surface area contributed by atoms with Gasteiger partial charge in [-0.05, 0) is 36.5 Å². The second-order valence-corrected chi connectivity index (χ2v) is 7.20. The van der Waals surface area contributed by atoms with Gasteiger partial charge in [-0.1, -0.05) is 31.9 Å². The molecular formula is C22H28N4O3. The lowest BCUT2D eigenvalue weighted by molar-refractivity contribution is -0.134. The van der Waals surface area contributed by atoms with Crippen LogP contribution in [-0.2, 0) is 14.3 Å². The first kappa shape index (κ1) is 22.2. The van der Waals surface area contributed by atoms with Crippen molar-refractivity contribution >= 4 is 12.4 Å². The van der Waals surface area contributed by atoms with Gasteiger partial charge in [-0.15, -0.1) is 6.42 Å². The molecule has 3 N–H and O–H groups in total. The first-order chi connectivity index (χ1) is 13.9. The van der Waals surface area contributed by atoms with E-state index in [1.165, 1.54) is 7.11 Å². The fraction of sp³-hybridized carbons (Fsp3) is 0.409. The standard InChI is InChI=1S/C20H24N4O.C2H4O2/c1-4-14-7-9-15(10-8-14)16-12-22-19(23-16)17-6-5-11-24(17)20(25)18(21)13(2)3;1-4-2-3/h1,7-10,12-13,17-18H,5-6,11,21H2,2-3H3,(H,22,23);2H,1H3. The Balaban J connectivity index is 0.000000687. The summed E-state index contributed by atoms with van der Waals surface area (Å²) in [7, 11) is 1.31. The number of likely N-dealkylation sites (tertiary alicyclic amines) is 1. The van der Waals surface area contributed by atoms with Crippen molar-refractivity contribution in [2.24, 2.45) is 11.7 Å². The number of aromatic amines is 1. The van der Waals surface area contributed by atoms with Gasteiger partial charge in [0.25, 0.3) is 6.47 Å². The van der Waals surface area contributed by atoms with Crippen molar-refractivity contribution in [3.63, 3.8) is 0 Å². The van der Waals surface area contributed by atoms with Crippen LogP contribution in [0.4, 0.5) is 0 Å². The Labute approximate surface area is 171 Å². The number of benzene rings is 1. The van der Waals surface area contributed by atoms with Crippen LogP contribution in [0.3, 0.4) is 0 Å². The van der Waals surface area contributed by atoms with Gasteiger partial charge in [0.1, 0.15) is 5.82 Å². The van der Waals surface area contributed by atoms with E-state index in [-0.39, 0.29) is 17.9 Å². The molecule has 7 heteroatoms. The molecule has 1 aliphatic rings. The molecule has 7 nitrogen and oxygen atoms in total. The largest absolute Gasteiger partial charge is 0.471 e. The lowest BCUT2D eigenvalue weighted by Gasteiger charge is -2.27. The predicted octanol–water partition coefficient (Wildman–Crippen LogP) is 2.49. The molecule has 2 unspecified atom stereocenters. The highest BCUT2D eigenvalue weighted by Gasteiger charge is 2.35. The molecule has 29 heavy (non-hydrogen) atoms. The monoisotopic (exact) mass is 396 g/mol. The second-order valence-electron chi connectivity index (χ2n) is 7.20. The molecule has 1 aromatic carbocycles. The Hall–Kier alpha value is -3.11. The van der Waals surface area contributed by atoms with Crippen molar-refractivity contribution in [1.29, 1.82) is 0 Å².